The second-order valence-electron chi connectivity index (χ2n) is 8.13. The summed E-state index contributed by atoms with van der Waals surface area (Å²) < 4.78 is 98.1. The topological polar surface area (TPSA) is 111 Å². The Labute approximate surface area is 201 Å². The normalized spacial score (nSPS) is 14.0. The van der Waals surface area contributed by atoms with Crippen molar-refractivity contribution in [1.29, 1.82) is 0 Å². The van der Waals surface area contributed by atoms with Gasteiger partial charge in [-0.15, -0.1) is 10.2 Å². The van der Waals surface area contributed by atoms with Crippen molar-refractivity contribution in [3.63, 3.8) is 0 Å². The van der Waals surface area contributed by atoms with E-state index in [2.05, 4.69) is 20.5 Å². The molecule has 1 aliphatic rings. The molecule has 1 saturated carbocycles. The average Bonchev–Trinajstić information content (AvgIpc) is 3.60. The number of rotatable bonds is 6. The van der Waals surface area contributed by atoms with E-state index in [1.165, 1.54) is 18.2 Å². The van der Waals surface area contributed by atoms with Crippen molar-refractivity contribution < 1.29 is 39.9 Å². The van der Waals surface area contributed by atoms with Crippen LogP contribution in [0.15, 0.2) is 35.2 Å². The van der Waals surface area contributed by atoms with Crippen LogP contribution in [0.5, 0.6) is 11.6 Å². The summed E-state index contributed by atoms with van der Waals surface area (Å²) in [5, 5.41) is 8.55. The molecule has 14 heteroatoms. The molecular weight excluding hydrogens is 511 g/mol. The Morgan fingerprint density at radius 2 is 1.83 bits per heavy atom. The minimum Gasteiger partial charge on any atom is -0.429 e. The molecule has 0 saturated heterocycles. The molecule has 0 unspecified atom stereocenters. The van der Waals surface area contributed by atoms with E-state index >= 15 is 0 Å². The van der Waals surface area contributed by atoms with Crippen molar-refractivity contribution in [1.82, 2.24) is 15.2 Å². The molecule has 0 aliphatic heterocycles. The molecule has 4 rings (SSSR count). The molecule has 1 aliphatic carbocycles. The van der Waals surface area contributed by atoms with Gasteiger partial charge in [0.1, 0.15) is 5.56 Å². The fraction of sp³-hybridized carbons (Fsp3) is 0.273. The lowest BCUT2D eigenvalue weighted by molar-refractivity contribution is -0.142. The van der Waals surface area contributed by atoms with Gasteiger partial charge in [0.2, 0.25) is 5.75 Å². The highest BCUT2D eigenvalue weighted by atomic mass is 32.2. The average molecular weight is 528 g/mol. The van der Waals surface area contributed by atoms with Gasteiger partial charge in [0, 0.05) is 23.6 Å². The highest BCUT2D eigenvalue weighted by Gasteiger charge is 2.38. The molecule has 1 amide bonds. The number of carbonyl (C=O) groups is 1. The fourth-order valence-electron chi connectivity index (χ4n) is 3.37. The van der Waals surface area contributed by atoms with Crippen molar-refractivity contribution >= 4 is 21.4 Å². The maximum absolute atomic E-state index is 14.6. The van der Waals surface area contributed by atoms with Crippen LogP contribution in [-0.4, -0.2) is 35.8 Å². The van der Waals surface area contributed by atoms with Gasteiger partial charge in [-0.2, -0.15) is 17.6 Å². The zero-order chi connectivity index (χ0) is 26.4. The van der Waals surface area contributed by atoms with E-state index in [-0.39, 0.29) is 22.2 Å². The predicted octanol–water partition coefficient (Wildman–Crippen LogP) is 4.80. The third kappa shape index (κ3) is 5.27. The monoisotopic (exact) mass is 528 g/mol. The first-order valence-electron chi connectivity index (χ1n) is 10.4. The van der Waals surface area contributed by atoms with Crippen LogP contribution in [0.2, 0.25) is 0 Å². The summed E-state index contributed by atoms with van der Waals surface area (Å²) in [7, 11) is -3.66. The fourth-order valence-corrected chi connectivity index (χ4v) is 4.04. The SMILES string of the molecule is Cc1c(C(F)(F)F)nnc(Oc2c(F)cc(C3CC3)nc2F)c1C(=O)Nc1cccc(S(C)(=O)=O)c1. The number of amides is 1. The van der Waals surface area contributed by atoms with Crippen molar-refractivity contribution in [2.24, 2.45) is 0 Å². The van der Waals surface area contributed by atoms with Gasteiger partial charge in [-0.05, 0) is 49.6 Å². The third-order valence-electron chi connectivity index (χ3n) is 5.30. The summed E-state index contributed by atoms with van der Waals surface area (Å²) in [6, 6.07) is 5.88. The number of aromatic nitrogens is 3. The summed E-state index contributed by atoms with van der Waals surface area (Å²) in [5.74, 6) is -5.84. The Morgan fingerprint density at radius 3 is 2.42 bits per heavy atom. The van der Waals surface area contributed by atoms with Gasteiger partial charge < -0.3 is 10.1 Å². The number of ether oxygens (including phenoxy) is 1. The number of nitrogens with one attached hydrogen (secondary N) is 1. The van der Waals surface area contributed by atoms with Crippen LogP contribution in [0, 0.1) is 18.7 Å². The molecule has 1 N–H and O–H groups in total. The second-order valence-corrected chi connectivity index (χ2v) is 10.1. The lowest BCUT2D eigenvalue weighted by Gasteiger charge is -2.16. The number of hydrogen-bond donors (Lipinski definition) is 1. The molecule has 190 valence electrons. The highest BCUT2D eigenvalue weighted by molar-refractivity contribution is 7.90. The molecular formula is C22H17F5N4O4S. The quantitative estimate of drug-likeness (QED) is 0.361. The molecule has 0 bridgehead atoms. The van der Waals surface area contributed by atoms with Gasteiger partial charge in [-0.25, -0.2) is 17.8 Å². The van der Waals surface area contributed by atoms with Gasteiger partial charge in [0.05, 0.1) is 4.90 Å². The van der Waals surface area contributed by atoms with Crippen LogP contribution in [0.4, 0.5) is 27.6 Å². The first kappa shape index (κ1) is 25.4. The van der Waals surface area contributed by atoms with Gasteiger partial charge in [0.25, 0.3) is 17.7 Å². The number of benzene rings is 1. The van der Waals surface area contributed by atoms with E-state index in [1.54, 1.807) is 0 Å². The first-order valence-corrected chi connectivity index (χ1v) is 12.2. The van der Waals surface area contributed by atoms with Crippen LogP contribution in [-0.2, 0) is 16.0 Å². The van der Waals surface area contributed by atoms with Crippen LogP contribution >= 0.6 is 0 Å². The Hall–Kier alpha value is -3.68. The maximum atomic E-state index is 14.6. The summed E-state index contributed by atoms with van der Waals surface area (Å²) in [6.07, 6.45) is -2.66. The lowest BCUT2D eigenvalue weighted by Crippen LogP contribution is -2.21. The largest absolute Gasteiger partial charge is 0.435 e. The minimum atomic E-state index is -5.01. The third-order valence-corrected chi connectivity index (χ3v) is 6.41. The number of nitrogens with zero attached hydrogens (tertiary/aromatic N) is 3. The molecule has 0 spiro atoms. The summed E-state index contributed by atoms with van der Waals surface area (Å²) in [5.41, 5.74) is -2.98. The van der Waals surface area contributed by atoms with E-state index in [9.17, 15) is 35.2 Å². The number of hydrogen-bond acceptors (Lipinski definition) is 7. The van der Waals surface area contributed by atoms with Gasteiger partial charge in [0.15, 0.2) is 21.3 Å². The number of alkyl halides is 3. The highest BCUT2D eigenvalue weighted by Crippen LogP contribution is 2.41. The van der Waals surface area contributed by atoms with E-state index in [1.807, 2.05) is 0 Å². The molecule has 1 fully saturated rings. The number of carbonyl (C=O) groups excluding carboxylic acids is 1. The van der Waals surface area contributed by atoms with Crippen molar-refractivity contribution in [2.75, 3.05) is 11.6 Å². The lowest BCUT2D eigenvalue weighted by atomic mass is 10.1. The van der Waals surface area contributed by atoms with Gasteiger partial charge in [-0.3, -0.25) is 4.79 Å². The Bertz CT molecular complexity index is 1450. The Kier molecular flexibility index (Phi) is 6.41. The van der Waals surface area contributed by atoms with Crippen LogP contribution in [0.3, 0.4) is 0 Å². The molecule has 8 nitrogen and oxygen atoms in total. The summed E-state index contributed by atoms with van der Waals surface area (Å²) in [4.78, 5) is 16.5. The Balaban J connectivity index is 1.76. The minimum absolute atomic E-state index is 0.0774. The zero-order valence-corrected chi connectivity index (χ0v) is 19.5. The molecule has 3 aromatic rings. The van der Waals surface area contributed by atoms with E-state index in [4.69, 9.17) is 4.74 Å². The van der Waals surface area contributed by atoms with Crippen LogP contribution < -0.4 is 10.1 Å². The van der Waals surface area contributed by atoms with Crippen LogP contribution in [0.25, 0.3) is 0 Å². The van der Waals surface area contributed by atoms with Gasteiger partial charge in [-0.1, -0.05) is 6.07 Å². The van der Waals surface area contributed by atoms with Crippen LogP contribution in [0.1, 0.15) is 46.1 Å². The Morgan fingerprint density at radius 1 is 1.14 bits per heavy atom. The van der Waals surface area contributed by atoms with E-state index < -0.39 is 62.1 Å². The molecule has 36 heavy (non-hydrogen) atoms. The summed E-state index contributed by atoms with van der Waals surface area (Å²) >= 11 is 0. The predicted molar refractivity (Wildman–Crippen MR) is 115 cm³/mol. The number of anilines is 1. The smallest absolute Gasteiger partial charge is 0.429 e. The molecule has 1 aromatic carbocycles. The molecule has 0 radical (unpaired) electrons. The van der Waals surface area contributed by atoms with Crippen molar-refractivity contribution in [2.45, 2.75) is 36.8 Å². The van der Waals surface area contributed by atoms with Crippen molar-refractivity contribution in [3.8, 4) is 11.6 Å². The second kappa shape index (κ2) is 9.08. The van der Waals surface area contributed by atoms with E-state index in [0.717, 1.165) is 25.3 Å². The first-order chi connectivity index (χ1) is 16.8. The molecule has 0 atom stereocenters. The van der Waals surface area contributed by atoms with Gasteiger partial charge >= 0.3 is 6.18 Å². The number of halogens is 5. The zero-order valence-electron chi connectivity index (χ0n) is 18.7. The molecule has 2 heterocycles. The number of sulfone groups is 1. The van der Waals surface area contributed by atoms with Crippen molar-refractivity contribution in [3.05, 3.63) is 64.6 Å². The standard InChI is InChI=1S/C22H17F5N4O4S/c1-10-16(20(32)28-12-4-3-5-13(8-12)36(2,33)34)21(31-30-18(10)22(25,26)27)35-17-14(23)9-15(11-6-7-11)29-19(17)24/h3-5,8-9,11H,6-7H2,1-2H3,(H,28,32). The molecule has 2 aromatic heterocycles. The maximum Gasteiger partial charge on any atom is 0.435 e. The summed E-state index contributed by atoms with van der Waals surface area (Å²) in [6.45, 7) is 0.910. The van der Waals surface area contributed by atoms with E-state index in [0.29, 0.717) is 12.8 Å². The number of pyridine rings is 1.